The van der Waals surface area contributed by atoms with Crippen LogP contribution in [0.15, 0.2) is 35.3 Å². The lowest BCUT2D eigenvalue weighted by Gasteiger charge is -2.16. The van der Waals surface area contributed by atoms with Crippen molar-refractivity contribution in [1.82, 2.24) is 25.3 Å². The van der Waals surface area contributed by atoms with Gasteiger partial charge >= 0.3 is 5.97 Å². The first-order valence-corrected chi connectivity index (χ1v) is 10.0. The lowest BCUT2D eigenvalue weighted by atomic mass is 10.1. The Morgan fingerprint density at radius 2 is 1.91 bits per heavy atom. The first-order valence-electron chi connectivity index (χ1n) is 10.0. The minimum absolute atomic E-state index is 0.0337. The Bertz CT molecular complexity index is 1240. The van der Waals surface area contributed by atoms with Crippen molar-refractivity contribution in [3.63, 3.8) is 0 Å². The van der Waals surface area contributed by atoms with E-state index in [1.807, 2.05) is 0 Å². The van der Waals surface area contributed by atoms with Crippen LogP contribution in [-0.2, 0) is 20.9 Å². The van der Waals surface area contributed by atoms with Crippen molar-refractivity contribution in [3.8, 4) is 0 Å². The second-order valence-electron chi connectivity index (χ2n) is 7.21. The van der Waals surface area contributed by atoms with E-state index < -0.39 is 23.5 Å². The number of fused-ring (bicyclic) bond motifs is 1. The number of amides is 1. The lowest BCUT2D eigenvalue weighted by Crippen LogP contribution is -2.41. The third-order valence-corrected chi connectivity index (χ3v) is 4.68. The van der Waals surface area contributed by atoms with Gasteiger partial charge in [-0.05, 0) is 37.6 Å². The van der Waals surface area contributed by atoms with Gasteiger partial charge in [0.05, 0.1) is 25.5 Å². The van der Waals surface area contributed by atoms with Crippen molar-refractivity contribution in [3.05, 3.63) is 52.1 Å². The number of aromatic nitrogens is 4. The van der Waals surface area contributed by atoms with Crippen LogP contribution in [0.5, 0.6) is 0 Å². The van der Waals surface area contributed by atoms with E-state index in [1.165, 1.54) is 20.2 Å². The molecule has 0 aliphatic rings. The zero-order valence-electron chi connectivity index (χ0n) is 18.0. The van der Waals surface area contributed by atoms with Crippen LogP contribution in [0.2, 0.25) is 0 Å². The second kappa shape index (κ2) is 10.3. The minimum atomic E-state index is -0.913. The Kier molecular flexibility index (Phi) is 7.28. The van der Waals surface area contributed by atoms with E-state index >= 15 is 0 Å². The van der Waals surface area contributed by atoms with E-state index in [4.69, 9.17) is 10.5 Å². The van der Waals surface area contributed by atoms with Crippen LogP contribution in [0.4, 0.5) is 11.6 Å². The maximum absolute atomic E-state index is 12.5. The number of carbonyl (C=O) groups excluding carboxylic acids is 3. The molecule has 5 N–H and O–H groups in total. The molecule has 12 heteroatoms. The number of hydrogen-bond acceptors (Lipinski definition) is 10. The summed E-state index contributed by atoms with van der Waals surface area (Å²) < 4.78 is 4.70. The summed E-state index contributed by atoms with van der Waals surface area (Å²) >= 11 is 0. The average molecular weight is 453 g/mol. The van der Waals surface area contributed by atoms with Gasteiger partial charge in [0.2, 0.25) is 5.95 Å². The molecule has 172 valence electrons. The third-order valence-electron chi connectivity index (χ3n) is 4.68. The highest BCUT2D eigenvalue weighted by Crippen LogP contribution is 2.12. The zero-order valence-corrected chi connectivity index (χ0v) is 18.0. The number of aromatic amines is 1. The summed E-state index contributed by atoms with van der Waals surface area (Å²) in [5.41, 5.74) is 6.79. The van der Waals surface area contributed by atoms with E-state index in [-0.39, 0.29) is 42.3 Å². The molecule has 0 fully saturated rings. The molecule has 0 aliphatic carbocycles. The molecule has 0 saturated carbocycles. The number of carbonyl (C=O) groups is 3. The van der Waals surface area contributed by atoms with E-state index in [0.717, 1.165) is 0 Å². The Hall–Kier alpha value is -4.35. The molecule has 0 saturated heterocycles. The fourth-order valence-corrected chi connectivity index (χ4v) is 2.97. The first kappa shape index (κ1) is 23.3. The van der Waals surface area contributed by atoms with E-state index in [9.17, 15) is 19.2 Å². The predicted octanol–water partition coefficient (Wildman–Crippen LogP) is 0.548. The summed E-state index contributed by atoms with van der Waals surface area (Å²) in [6.45, 7) is 1.68. The Balaban J connectivity index is 1.63. The molecule has 3 aromatic rings. The second-order valence-corrected chi connectivity index (χ2v) is 7.21. The number of benzene rings is 1. The summed E-state index contributed by atoms with van der Waals surface area (Å²) in [5.74, 6) is -1.20. The van der Waals surface area contributed by atoms with E-state index in [0.29, 0.717) is 16.9 Å². The van der Waals surface area contributed by atoms with Gasteiger partial charge in [0, 0.05) is 17.7 Å². The number of ether oxygens (including phenoxy) is 1. The molecule has 1 aromatic carbocycles. The lowest BCUT2D eigenvalue weighted by molar-refractivity contribution is -0.143. The summed E-state index contributed by atoms with van der Waals surface area (Å²) in [4.78, 5) is 62.2. The zero-order chi connectivity index (χ0) is 24.0. The van der Waals surface area contributed by atoms with Crippen molar-refractivity contribution < 1.29 is 19.1 Å². The van der Waals surface area contributed by atoms with Crippen LogP contribution in [0.3, 0.4) is 0 Å². The van der Waals surface area contributed by atoms with Gasteiger partial charge in [-0.25, -0.2) is 14.8 Å². The number of nitrogens with two attached hydrogens (primary N) is 1. The molecular formula is C21H23N7O5. The van der Waals surface area contributed by atoms with Crippen molar-refractivity contribution in [1.29, 1.82) is 0 Å². The van der Waals surface area contributed by atoms with Crippen molar-refractivity contribution in [2.45, 2.75) is 32.4 Å². The molecule has 3 rings (SSSR count). The Morgan fingerprint density at radius 3 is 2.58 bits per heavy atom. The monoisotopic (exact) mass is 453 g/mol. The molecule has 1 atom stereocenters. The quantitative estimate of drug-likeness (QED) is 0.334. The summed E-state index contributed by atoms with van der Waals surface area (Å²) in [6, 6.07) is 5.62. The highest BCUT2D eigenvalue weighted by molar-refractivity contribution is 5.97. The van der Waals surface area contributed by atoms with Crippen LogP contribution < -0.4 is 21.9 Å². The SMILES string of the molecule is COC(=O)[C@H](CCC(C)=O)NC(=O)c1ccc(NCc2cnc3nc(N)[nH]c(=O)c3n2)cc1. The van der Waals surface area contributed by atoms with Gasteiger partial charge in [-0.15, -0.1) is 0 Å². The molecule has 1 amide bonds. The average Bonchev–Trinajstić information content (AvgIpc) is 2.80. The highest BCUT2D eigenvalue weighted by Gasteiger charge is 2.22. The molecule has 0 spiro atoms. The number of nitrogen functional groups attached to an aromatic ring is 1. The number of nitrogens with zero attached hydrogens (tertiary/aromatic N) is 3. The predicted molar refractivity (Wildman–Crippen MR) is 119 cm³/mol. The number of Topliss-reactive ketones (excluding diaryl/α,β-unsaturated/α-hetero) is 1. The topological polar surface area (TPSA) is 182 Å². The van der Waals surface area contributed by atoms with Gasteiger partial charge in [-0.1, -0.05) is 0 Å². The Morgan fingerprint density at radius 1 is 1.18 bits per heavy atom. The number of H-pyrrole nitrogens is 1. The molecule has 2 heterocycles. The molecule has 0 radical (unpaired) electrons. The van der Waals surface area contributed by atoms with Crippen LogP contribution in [0, 0.1) is 0 Å². The fraction of sp³-hybridized carbons (Fsp3) is 0.286. The molecule has 2 aromatic heterocycles. The van der Waals surface area contributed by atoms with Gasteiger partial charge in [-0.2, -0.15) is 4.98 Å². The summed E-state index contributed by atoms with van der Waals surface area (Å²) in [7, 11) is 1.22. The van der Waals surface area contributed by atoms with Crippen LogP contribution in [0.25, 0.3) is 11.2 Å². The maximum Gasteiger partial charge on any atom is 0.328 e. The minimum Gasteiger partial charge on any atom is -0.467 e. The Labute approximate surface area is 188 Å². The van der Waals surface area contributed by atoms with Gasteiger partial charge in [0.25, 0.3) is 11.5 Å². The van der Waals surface area contributed by atoms with Gasteiger partial charge < -0.3 is 25.9 Å². The molecular weight excluding hydrogens is 430 g/mol. The number of methoxy groups -OCH3 is 1. The van der Waals surface area contributed by atoms with Crippen LogP contribution in [-0.4, -0.2) is 50.7 Å². The third kappa shape index (κ3) is 6.09. The highest BCUT2D eigenvalue weighted by atomic mass is 16.5. The molecule has 0 unspecified atom stereocenters. The summed E-state index contributed by atoms with van der Waals surface area (Å²) in [6.07, 6.45) is 1.79. The van der Waals surface area contributed by atoms with Crippen molar-refractivity contribution >= 4 is 40.5 Å². The number of rotatable bonds is 9. The number of nitrogens with one attached hydrogen (secondary N) is 3. The molecule has 12 nitrogen and oxygen atoms in total. The molecule has 33 heavy (non-hydrogen) atoms. The smallest absolute Gasteiger partial charge is 0.328 e. The molecule has 0 aliphatic heterocycles. The van der Waals surface area contributed by atoms with Crippen LogP contribution in [0.1, 0.15) is 35.8 Å². The first-order chi connectivity index (χ1) is 15.8. The van der Waals surface area contributed by atoms with Crippen LogP contribution >= 0.6 is 0 Å². The number of esters is 1. The van der Waals surface area contributed by atoms with Gasteiger partial charge in [0.1, 0.15) is 11.8 Å². The number of hydrogen-bond donors (Lipinski definition) is 4. The number of ketones is 1. The number of anilines is 2. The maximum atomic E-state index is 12.5. The van der Waals surface area contributed by atoms with E-state index in [2.05, 4.69) is 30.6 Å². The fourth-order valence-electron chi connectivity index (χ4n) is 2.97. The van der Waals surface area contributed by atoms with Crippen molar-refractivity contribution in [2.24, 2.45) is 0 Å². The van der Waals surface area contributed by atoms with E-state index in [1.54, 1.807) is 24.3 Å². The summed E-state index contributed by atoms with van der Waals surface area (Å²) in [5, 5.41) is 5.71. The molecule has 0 bridgehead atoms. The standard InChI is InChI=1S/C21H23N7O5/c1-11(29)3-8-15(20(32)33-2)26-18(30)12-4-6-13(7-5-12)23-9-14-10-24-17-16(25-14)19(31)28-21(22)27-17/h4-7,10,15,23H,3,8-9H2,1-2H3,(H,26,30)(H3,22,24,27,28,31)/t15-/m0/s1. The normalized spacial score (nSPS) is 11.6. The van der Waals surface area contributed by atoms with Gasteiger partial charge in [0.15, 0.2) is 11.2 Å². The van der Waals surface area contributed by atoms with Crippen molar-refractivity contribution in [2.75, 3.05) is 18.2 Å². The largest absolute Gasteiger partial charge is 0.467 e. The van der Waals surface area contributed by atoms with Gasteiger partial charge in [-0.3, -0.25) is 14.6 Å².